The van der Waals surface area contributed by atoms with Crippen LogP contribution in [0, 0.1) is 0 Å². The van der Waals surface area contributed by atoms with E-state index in [2.05, 4.69) is 10.2 Å². The second-order valence-electron chi connectivity index (χ2n) is 6.85. The Hall–Kier alpha value is -2.42. The third-order valence-corrected chi connectivity index (χ3v) is 4.09. The number of carbonyl (C=O) groups is 1. The van der Waals surface area contributed by atoms with Crippen LogP contribution in [0.3, 0.4) is 0 Å². The summed E-state index contributed by atoms with van der Waals surface area (Å²) in [6.07, 6.45) is 0. The van der Waals surface area contributed by atoms with Crippen LogP contribution < -0.4 is 14.2 Å². The fourth-order valence-electron chi connectivity index (χ4n) is 2.39. The molecule has 9 heteroatoms. The van der Waals surface area contributed by atoms with Crippen LogP contribution in [0.1, 0.15) is 41.5 Å². The van der Waals surface area contributed by atoms with Crippen molar-refractivity contribution >= 4 is 17.7 Å². The summed E-state index contributed by atoms with van der Waals surface area (Å²) in [4.78, 5) is 11.9. The van der Waals surface area contributed by atoms with E-state index < -0.39 is 5.60 Å². The standard InChI is InChI=1S/C20H28N2O6S/c1-7-24-14-10-13(11-15(25-8-2)17(14)26-9-3)18-21-22-19(27-18)29-12-16(23)28-20(4,5)6/h10-11H,7-9,12H2,1-6H3. The van der Waals surface area contributed by atoms with Gasteiger partial charge in [-0.2, -0.15) is 0 Å². The summed E-state index contributed by atoms with van der Waals surface area (Å²) in [5, 5.41) is 8.35. The van der Waals surface area contributed by atoms with E-state index in [0.717, 1.165) is 11.8 Å². The van der Waals surface area contributed by atoms with Crippen molar-refractivity contribution in [2.24, 2.45) is 0 Å². The molecule has 0 N–H and O–H groups in total. The van der Waals surface area contributed by atoms with Crippen molar-refractivity contribution in [3.8, 4) is 28.7 Å². The van der Waals surface area contributed by atoms with Crippen molar-refractivity contribution < 1.29 is 28.2 Å². The van der Waals surface area contributed by atoms with Crippen LogP contribution in [0.25, 0.3) is 11.5 Å². The summed E-state index contributed by atoms with van der Waals surface area (Å²) in [6.45, 7) is 12.5. The van der Waals surface area contributed by atoms with Gasteiger partial charge in [0.05, 0.1) is 19.8 Å². The molecular weight excluding hydrogens is 396 g/mol. The molecule has 8 nitrogen and oxygen atoms in total. The monoisotopic (exact) mass is 424 g/mol. The molecule has 0 amide bonds. The van der Waals surface area contributed by atoms with E-state index in [-0.39, 0.29) is 16.9 Å². The average Bonchev–Trinajstić information content (AvgIpc) is 3.10. The van der Waals surface area contributed by atoms with Crippen LogP contribution in [-0.2, 0) is 9.53 Å². The molecule has 1 heterocycles. The Morgan fingerprint density at radius 2 is 1.59 bits per heavy atom. The lowest BCUT2D eigenvalue weighted by atomic mass is 10.2. The van der Waals surface area contributed by atoms with E-state index in [4.69, 9.17) is 23.4 Å². The zero-order chi connectivity index (χ0) is 21.4. The molecule has 0 fully saturated rings. The normalized spacial score (nSPS) is 11.2. The Morgan fingerprint density at radius 3 is 2.10 bits per heavy atom. The molecule has 2 aromatic rings. The molecule has 0 saturated heterocycles. The predicted octanol–water partition coefficient (Wildman–Crippen LogP) is 4.37. The molecule has 160 valence electrons. The molecule has 0 saturated carbocycles. The van der Waals surface area contributed by atoms with Crippen molar-refractivity contribution in [1.82, 2.24) is 10.2 Å². The maximum atomic E-state index is 11.9. The van der Waals surface area contributed by atoms with Crippen LogP contribution in [0.15, 0.2) is 21.8 Å². The number of benzene rings is 1. The molecule has 0 aliphatic rings. The largest absolute Gasteiger partial charge is 0.490 e. The predicted molar refractivity (Wildman–Crippen MR) is 110 cm³/mol. The number of ether oxygens (including phenoxy) is 4. The number of thioether (sulfide) groups is 1. The molecule has 0 atom stereocenters. The number of hydrogen-bond donors (Lipinski definition) is 0. The van der Waals surface area contributed by atoms with Crippen molar-refractivity contribution in [2.45, 2.75) is 52.4 Å². The molecule has 29 heavy (non-hydrogen) atoms. The number of esters is 1. The minimum absolute atomic E-state index is 0.0799. The van der Waals surface area contributed by atoms with Gasteiger partial charge in [-0.05, 0) is 53.7 Å². The summed E-state index contributed by atoms with van der Waals surface area (Å²) in [5.74, 6) is 1.64. The summed E-state index contributed by atoms with van der Waals surface area (Å²) in [6, 6.07) is 3.54. The fourth-order valence-corrected chi connectivity index (χ4v) is 2.93. The smallest absolute Gasteiger partial charge is 0.316 e. The SMILES string of the molecule is CCOc1cc(-c2nnc(SCC(=O)OC(C)(C)C)o2)cc(OCC)c1OCC. The maximum Gasteiger partial charge on any atom is 0.316 e. The van der Waals surface area contributed by atoms with Gasteiger partial charge in [0.2, 0.25) is 11.6 Å². The van der Waals surface area contributed by atoms with Gasteiger partial charge in [-0.3, -0.25) is 4.79 Å². The van der Waals surface area contributed by atoms with Crippen molar-refractivity contribution in [3.63, 3.8) is 0 Å². The zero-order valence-electron chi connectivity index (χ0n) is 17.7. The van der Waals surface area contributed by atoms with Gasteiger partial charge in [-0.15, -0.1) is 10.2 Å². The van der Waals surface area contributed by atoms with Crippen LogP contribution in [0.2, 0.25) is 0 Å². The molecule has 1 aromatic heterocycles. The Kier molecular flexibility index (Phi) is 8.19. The lowest BCUT2D eigenvalue weighted by molar-refractivity contribution is -0.151. The lowest BCUT2D eigenvalue weighted by Crippen LogP contribution is -2.24. The first-order valence-corrected chi connectivity index (χ1v) is 10.5. The highest BCUT2D eigenvalue weighted by Gasteiger charge is 2.20. The van der Waals surface area contributed by atoms with Gasteiger partial charge < -0.3 is 23.4 Å². The number of nitrogens with zero attached hydrogens (tertiary/aromatic N) is 2. The summed E-state index contributed by atoms with van der Waals surface area (Å²) in [7, 11) is 0. The van der Waals surface area contributed by atoms with E-state index in [1.54, 1.807) is 12.1 Å². The molecule has 0 aliphatic carbocycles. The molecule has 1 aromatic carbocycles. The molecule has 0 spiro atoms. The summed E-state index contributed by atoms with van der Waals surface area (Å²) >= 11 is 1.12. The highest BCUT2D eigenvalue weighted by Crippen LogP contribution is 2.42. The Bertz CT molecular complexity index is 789. The van der Waals surface area contributed by atoms with Crippen LogP contribution in [0.5, 0.6) is 17.2 Å². The van der Waals surface area contributed by atoms with Gasteiger partial charge in [0.15, 0.2) is 11.5 Å². The molecular formula is C20H28N2O6S. The first-order valence-electron chi connectivity index (χ1n) is 9.52. The minimum atomic E-state index is -0.536. The van der Waals surface area contributed by atoms with Gasteiger partial charge in [-0.25, -0.2) is 0 Å². The second-order valence-corrected chi connectivity index (χ2v) is 7.78. The molecule has 2 rings (SSSR count). The van der Waals surface area contributed by atoms with Crippen LogP contribution in [-0.4, -0.2) is 47.3 Å². The Labute approximate surface area is 175 Å². The second kappa shape index (κ2) is 10.4. The third kappa shape index (κ3) is 6.85. The van der Waals surface area contributed by atoms with Crippen molar-refractivity contribution in [2.75, 3.05) is 25.6 Å². The third-order valence-electron chi connectivity index (χ3n) is 3.30. The summed E-state index contributed by atoms with van der Waals surface area (Å²) < 4.78 is 28.1. The van der Waals surface area contributed by atoms with Crippen LogP contribution in [0.4, 0.5) is 0 Å². The van der Waals surface area contributed by atoms with Gasteiger partial charge in [0.1, 0.15) is 11.4 Å². The van der Waals surface area contributed by atoms with E-state index >= 15 is 0 Å². The van der Waals surface area contributed by atoms with Crippen molar-refractivity contribution in [1.29, 1.82) is 0 Å². The van der Waals surface area contributed by atoms with E-state index in [0.29, 0.717) is 48.5 Å². The molecule has 0 aliphatic heterocycles. The number of rotatable bonds is 10. The van der Waals surface area contributed by atoms with Crippen molar-refractivity contribution in [3.05, 3.63) is 12.1 Å². The molecule has 0 radical (unpaired) electrons. The van der Waals surface area contributed by atoms with E-state index in [1.807, 2.05) is 41.5 Å². The number of aromatic nitrogens is 2. The number of hydrogen-bond acceptors (Lipinski definition) is 9. The highest BCUT2D eigenvalue weighted by molar-refractivity contribution is 7.99. The molecule has 0 bridgehead atoms. The minimum Gasteiger partial charge on any atom is -0.490 e. The maximum absolute atomic E-state index is 11.9. The summed E-state index contributed by atoms with van der Waals surface area (Å²) in [5.41, 5.74) is 0.0997. The van der Waals surface area contributed by atoms with Gasteiger partial charge in [0.25, 0.3) is 5.22 Å². The Balaban J connectivity index is 2.22. The molecule has 0 unspecified atom stereocenters. The van der Waals surface area contributed by atoms with Gasteiger partial charge in [0, 0.05) is 5.56 Å². The topological polar surface area (TPSA) is 92.9 Å². The fraction of sp³-hybridized carbons (Fsp3) is 0.550. The highest BCUT2D eigenvalue weighted by atomic mass is 32.2. The first kappa shape index (κ1) is 22.9. The first-order chi connectivity index (χ1) is 13.8. The quantitative estimate of drug-likeness (QED) is 0.407. The average molecular weight is 425 g/mol. The van der Waals surface area contributed by atoms with Gasteiger partial charge >= 0.3 is 5.97 Å². The van der Waals surface area contributed by atoms with E-state index in [9.17, 15) is 4.79 Å². The lowest BCUT2D eigenvalue weighted by Gasteiger charge is -2.18. The Morgan fingerprint density at radius 1 is 1.00 bits per heavy atom. The zero-order valence-corrected chi connectivity index (χ0v) is 18.6. The van der Waals surface area contributed by atoms with Crippen LogP contribution >= 0.6 is 11.8 Å². The number of carbonyl (C=O) groups excluding carboxylic acids is 1. The van der Waals surface area contributed by atoms with Gasteiger partial charge in [-0.1, -0.05) is 11.8 Å². The van der Waals surface area contributed by atoms with E-state index in [1.165, 1.54) is 0 Å².